The van der Waals surface area contributed by atoms with Crippen molar-refractivity contribution in [2.24, 2.45) is 0 Å². The molecule has 1 fully saturated rings. The number of nitrogens with zero attached hydrogens (tertiary/aromatic N) is 3. The Balaban J connectivity index is 1.55. The van der Waals surface area contributed by atoms with Crippen molar-refractivity contribution in [3.05, 3.63) is 53.7 Å². The number of hydrogen-bond donors (Lipinski definition) is 1. The van der Waals surface area contributed by atoms with Crippen molar-refractivity contribution in [2.75, 3.05) is 43.9 Å². The number of rotatable bonds is 7. The van der Waals surface area contributed by atoms with Gasteiger partial charge in [0.15, 0.2) is 9.84 Å². The predicted octanol–water partition coefficient (Wildman–Crippen LogP) is 1.62. The average molecular weight is 417 g/mol. The molecule has 29 heavy (non-hydrogen) atoms. The Labute approximate surface area is 172 Å². The van der Waals surface area contributed by atoms with Gasteiger partial charge in [-0.3, -0.25) is 4.79 Å². The summed E-state index contributed by atoms with van der Waals surface area (Å²) in [6.45, 7) is 5.96. The number of carbonyl (C=O) groups excluding carboxylic acids is 1. The van der Waals surface area contributed by atoms with E-state index in [0.717, 1.165) is 43.1 Å². The number of nitrogens with one attached hydrogen (secondary N) is 1. The van der Waals surface area contributed by atoms with Crippen molar-refractivity contribution >= 4 is 21.6 Å². The van der Waals surface area contributed by atoms with Crippen molar-refractivity contribution in [3.63, 3.8) is 0 Å². The Bertz CT molecular complexity index is 937. The van der Waals surface area contributed by atoms with E-state index in [1.54, 1.807) is 30.5 Å². The maximum Gasteiger partial charge on any atom is 0.221 e. The van der Waals surface area contributed by atoms with E-state index < -0.39 is 9.84 Å². The van der Waals surface area contributed by atoms with Crippen LogP contribution in [0.3, 0.4) is 0 Å². The van der Waals surface area contributed by atoms with Crippen LogP contribution in [0, 0.1) is 6.92 Å². The number of hydrogen-bond acceptors (Lipinski definition) is 6. The minimum Gasteiger partial charge on any atom is -0.354 e. The Kier molecular flexibility index (Phi) is 6.87. The van der Waals surface area contributed by atoms with Gasteiger partial charge in [-0.1, -0.05) is 23.8 Å². The van der Waals surface area contributed by atoms with Crippen molar-refractivity contribution in [1.29, 1.82) is 0 Å². The first-order valence-electron chi connectivity index (χ1n) is 9.79. The van der Waals surface area contributed by atoms with Gasteiger partial charge in [0.2, 0.25) is 5.91 Å². The van der Waals surface area contributed by atoms with E-state index in [9.17, 15) is 13.2 Å². The van der Waals surface area contributed by atoms with Crippen LogP contribution in [0.4, 0.5) is 5.82 Å². The van der Waals surface area contributed by atoms with Crippen molar-refractivity contribution in [3.8, 4) is 0 Å². The molecule has 156 valence electrons. The lowest BCUT2D eigenvalue weighted by molar-refractivity contribution is -0.120. The number of piperazine rings is 1. The number of aryl methyl sites for hydroxylation is 1. The zero-order valence-electron chi connectivity index (χ0n) is 17.0. The van der Waals surface area contributed by atoms with Gasteiger partial charge in [-0.25, -0.2) is 13.4 Å². The molecule has 3 rings (SSSR count). The fourth-order valence-electron chi connectivity index (χ4n) is 3.24. The Morgan fingerprint density at radius 1 is 1.10 bits per heavy atom. The molecule has 1 aromatic heterocycles. The number of likely N-dealkylation sites (N-methyl/N-ethyl adjacent to an activating group) is 1. The van der Waals surface area contributed by atoms with Gasteiger partial charge in [-0.15, -0.1) is 0 Å². The van der Waals surface area contributed by atoms with Gasteiger partial charge in [-0.2, -0.15) is 0 Å². The highest BCUT2D eigenvalue weighted by Crippen LogP contribution is 2.19. The molecular weight excluding hydrogens is 388 g/mol. The number of amides is 1. The Hall–Kier alpha value is -2.45. The molecule has 1 aromatic carbocycles. The normalized spacial score (nSPS) is 15.3. The number of benzene rings is 1. The van der Waals surface area contributed by atoms with Gasteiger partial charge in [0.25, 0.3) is 0 Å². The molecule has 7 nitrogen and oxygen atoms in total. The molecule has 0 unspecified atom stereocenters. The first-order chi connectivity index (χ1) is 13.8. The summed E-state index contributed by atoms with van der Waals surface area (Å²) >= 11 is 0. The van der Waals surface area contributed by atoms with E-state index in [-0.39, 0.29) is 23.0 Å². The highest BCUT2D eigenvalue weighted by atomic mass is 32.2. The fourth-order valence-corrected chi connectivity index (χ4v) is 4.48. The molecule has 2 aromatic rings. The summed E-state index contributed by atoms with van der Waals surface area (Å²) in [7, 11) is -1.37. The first-order valence-corrected chi connectivity index (χ1v) is 11.4. The number of anilines is 1. The molecule has 0 aliphatic carbocycles. The Morgan fingerprint density at radius 3 is 2.48 bits per heavy atom. The third-order valence-electron chi connectivity index (χ3n) is 5.12. The quantitative estimate of drug-likeness (QED) is 0.739. The van der Waals surface area contributed by atoms with Gasteiger partial charge in [0, 0.05) is 50.9 Å². The van der Waals surface area contributed by atoms with Crippen LogP contribution in [-0.4, -0.2) is 63.2 Å². The summed E-state index contributed by atoms with van der Waals surface area (Å²) in [4.78, 5) is 21.5. The molecule has 1 aliphatic rings. The van der Waals surface area contributed by atoms with Gasteiger partial charge in [-0.05, 0) is 32.2 Å². The summed E-state index contributed by atoms with van der Waals surface area (Å²) < 4.78 is 24.8. The minimum atomic E-state index is -3.47. The zero-order chi connectivity index (χ0) is 20.9. The lowest BCUT2D eigenvalue weighted by Gasteiger charge is -2.34. The number of sulfone groups is 1. The molecule has 2 heterocycles. The summed E-state index contributed by atoms with van der Waals surface area (Å²) in [5.41, 5.74) is 1.93. The van der Waals surface area contributed by atoms with Crippen LogP contribution in [-0.2, 0) is 21.2 Å². The van der Waals surface area contributed by atoms with Gasteiger partial charge < -0.3 is 15.1 Å². The van der Waals surface area contributed by atoms with Crippen LogP contribution in [0.2, 0.25) is 0 Å². The molecule has 0 radical (unpaired) electrons. The van der Waals surface area contributed by atoms with Crippen LogP contribution >= 0.6 is 0 Å². The monoisotopic (exact) mass is 416 g/mol. The molecule has 1 saturated heterocycles. The molecule has 1 amide bonds. The summed E-state index contributed by atoms with van der Waals surface area (Å²) in [6, 6.07) is 10.5. The van der Waals surface area contributed by atoms with Gasteiger partial charge in [0.1, 0.15) is 5.82 Å². The Morgan fingerprint density at radius 2 is 1.79 bits per heavy atom. The molecule has 0 saturated carbocycles. The summed E-state index contributed by atoms with van der Waals surface area (Å²) in [6.07, 6.45) is 1.69. The second-order valence-corrected chi connectivity index (χ2v) is 9.54. The van der Waals surface area contributed by atoms with E-state index in [1.807, 2.05) is 19.1 Å². The van der Waals surface area contributed by atoms with Crippen LogP contribution in [0.1, 0.15) is 17.5 Å². The van der Waals surface area contributed by atoms with E-state index in [1.165, 1.54) is 0 Å². The van der Waals surface area contributed by atoms with Crippen LogP contribution in [0.15, 0.2) is 47.5 Å². The van der Waals surface area contributed by atoms with Crippen LogP contribution < -0.4 is 10.2 Å². The smallest absolute Gasteiger partial charge is 0.221 e. The number of carbonyl (C=O) groups is 1. The molecule has 0 atom stereocenters. The molecule has 0 spiro atoms. The standard InChI is InChI=1S/C21H28N4O3S/c1-17-5-7-19(8-6-17)29(27,28)15-9-20(26)23-16-18-4-3-10-22-21(18)25-13-11-24(2)12-14-25/h3-8,10H,9,11-16H2,1-2H3,(H,23,26). The van der Waals surface area contributed by atoms with E-state index in [4.69, 9.17) is 0 Å². The van der Waals surface area contributed by atoms with E-state index >= 15 is 0 Å². The van der Waals surface area contributed by atoms with E-state index in [2.05, 4.69) is 27.1 Å². The van der Waals surface area contributed by atoms with Crippen molar-refractivity contribution in [2.45, 2.75) is 24.8 Å². The second-order valence-electron chi connectivity index (χ2n) is 7.44. The van der Waals surface area contributed by atoms with Crippen molar-refractivity contribution in [1.82, 2.24) is 15.2 Å². The average Bonchev–Trinajstić information content (AvgIpc) is 2.72. The second kappa shape index (κ2) is 9.37. The largest absolute Gasteiger partial charge is 0.354 e. The lowest BCUT2D eigenvalue weighted by atomic mass is 10.2. The topological polar surface area (TPSA) is 82.6 Å². The van der Waals surface area contributed by atoms with Gasteiger partial charge in [0.05, 0.1) is 10.6 Å². The fraction of sp³-hybridized carbons (Fsp3) is 0.429. The maximum atomic E-state index is 12.4. The molecule has 0 bridgehead atoms. The van der Waals surface area contributed by atoms with Crippen LogP contribution in [0.25, 0.3) is 0 Å². The number of aromatic nitrogens is 1. The zero-order valence-corrected chi connectivity index (χ0v) is 17.8. The SMILES string of the molecule is Cc1ccc(S(=O)(=O)CCC(=O)NCc2cccnc2N2CCN(C)CC2)cc1. The third kappa shape index (κ3) is 5.77. The van der Waals surface area contributed by atoms with Crippen molar-refractivity contribution < 1.29 is 13.2 Å². The predicted molar refractivity (Wildman–Crippen MR) is 114 cm³/mol. The highest BCUT2D eigenvalue weighted by Gasteiger charge is 2.19. The molecular formula is C21H28N4O3S. The molecule has 8 heteroatoms. The summed E-state index contributed by atoms with van der Waals surface area (Å²) in [5, 5.41) is 2.84. The maximum absolute atomic E-state index is 12.4. The molecule has 1 N–H and O–H groups in total. The minimum absolute atomic E-state index is 0.0691. The lowest BCUT2D eigenvalue weighted by Crippen LogP contribution is -2.45. The first kappa shape index (κ1) is 21.3. The third-order valence-corrected chi connectivity index (χ3v) is 6.86. The highest BCUT2D eigenvalue weighted by molar-refractivity contribution is 7.91. The van der Waals surface area contributed by atoms with E-state index in [0.29, 0.717) is 6.54 Å². The van der Waals surface area contributed by atoms with Crippen LogP contribution in [0.5, 0.6) is 0 Å². The molecule has 1 aliphatic heterocycles. The van der Waals surface area contributed by atoms with Gasteiger partial charge >= 0.3 is 0 Å². The number of pyridine rings is 1. The summed E-state index contributed by atoms with van der Waals surface area (Å²) in [5.74, 6) is 0.391.